The minimum Gasteiger partial charge on any atom is -0.357 e. The quantitative estimate of drug-likeness (QED) is 0.517. The van der Waals surface area contributed by atoms with Crippen LogP contribution in [0.2, 0.25) is 0 Å². The first-order chi connectivity index (χ1) is 12.2. The molecule has 3 nitrogen and oxygen atoms in total. The summed E-state index contributed by atoms with van der Waals surface area (Å²) in [5.74, 6) is 0.318. The van der Waals surface area contributed by atoms with E-state index < -0.39 is 0 Å². The molecule has 0 saturated carbocycles. The third-order valence-electron chi connectivity index (χ3n) is 7.53. The van der Waals surface area contributed by atoms with Crippen LogP contribution in [0.1, 0.15) is 38.7 Å². The largest absolute Gasteiger partial charge is 0.357 e. The van der Waals surface area contributed by atoms with Gasteiger partial charge in [0.05, 0.1) is 18.5 Å². The van der Waals surface area contributed by atoms with Crippen molar-refractivity contribution in [3.05, 3.63) is 52.7 Å². The summed E-state index contributed by atoms with van der Waals surface area (Å²) < 4.78 is 1.22. The summed E-state index contributed by atoms with van der Waals surface area (Å²) in [6.45, 7) is 8.08. The Morgan fingerprint density at radius 3 is 2.96 bits per heavy atom. The van der Waals surface area contributed by atoms with Crippen LogP contribution in [0.3, 0.4) is 0 Å². The molecule has 1 aromatic rings. The predicted molar refractivity (Wildman–Crippen MR) is 100 cm³/mol. The van der Waals surface area contributed by atoms with Gasteiger partial charge >= 0.3 is 0 Å². The number of rotatable bonds is 3. The predicted octanol–water partition coefficient (Wildman–Crippen LogP) is 3.78. The second-order valence-corrected chi connectivity index (χ2v) is 8.33. The van der Waals surface area contributed by atoms with Crippen LogP contribution in [-0.4, -0.2) is 36.4 Å². The number of hydrogen-bond acceptors (Lipinski definition) is 2. The molecular formula is C22H27N2O+. The number of benzene rings is 1. The molecule has 3 aliphatic heterocycles. The van der Waals surface area contributed by atoms with Crippen molar-refractivity contribution >= 4 is 12.0 Å². The molecule has 25 heavy (non-hydrogen) atoms. The van der Waals surface area contributed by atoms with Gasteiger partial charge in [0.15, 0.2) is 0 Å². The second kappa shape index (κ2) is 5.07. The molecule has 4 atom stereocenters. The van der Waals surface area contributed by atoms with E-state index in [0.29, 0.717) is 12.0 Å². The number of fused-ring (bicyclic) bond motifs is 2. The number of para-hydroxylation sites is 1. The maximum absolute atomic E-state index is 12.2. The third kappa shape index (κ3) is 1.68. The maximum Gasteiger partial charge on any atom is 0.148 e. The molecule has 0 unspecified atom stereocenters. The number of allylic oxidation sites excluding steroid dienone is 2. The number of nitrogens with zero attached hydrogens (tertiary/aromatic N) is 1. The summed E-state index contributed by atoms with van der Waals surface area (Å²) in [6.07, 6.45) is 6.96. The fraction of sp³-hybridized carbons (Fsp3) is 0.500. The van der Waals surface area contributed by atoms with E-state index >= 15 is 0 Å². The minimum absolute atomic E-state index is 0.0395. The van der Waals surface area contributed by atoms with E-state index in [1.165, 1.54) is 46.5 Å². The Morgan fingerprint density at radius 2 is 2.20 bits per heavy atom. The van der Waals surface area contributed by atoms with Crippen LogP contribution in [0.25, 0.3) is 0 Å². The van der Waals surface area contributed by atoms with E-state index in [1.807, 2.05) is 0 Å². The zero-order chi connectivity index (χ0) is 17.2. The SMILES string of the molecule is C/C=C1/C[N@+]2(CCC)CC[C@@]34C(=C(C=O)[C@H]1C[C@@H]32)Nc1ccccc14. The number of aldehydes is 1. The lowest BCUT2D eigenvalue weighted by Crippen LogP contribution is -2.63. The highest BCUT2D eigenvalue weighted by molar-refractivity contribution is 5.84. The van der Waals surface area contributed by atoms with E-state index in [-0.39, 0.29) is 5.41 Å². The normalized spacial score (nSPS) is 39.2. The first-order valence-electron chi connectivity index (χ1n) is 9.77. The summed E-state index contributed by atoms with van der Waals surface area (Å²) in [6, 6.07) is 9.36. The highest BCUT2D eigenvalue weighted by atomic mass is 16.1. The molecule has 0 aromatic heterocycles. The molecular weight excluding hydrogens is 308 g/mol. The van der Waals surface area contributed by atoms with Gasteiger partial charge in [-0.1, -0.05) is 31.2 Å². The number of anilines is 1. The average molecular weight is 335 g/mol. The van der Waals surface area contributed by atoms with Gasteiger partial charge in [0.25, 0.3) is 0 Å². The zero-order valence-electron chi connectivity index (χ0n) is 15.2. The van der Waals surface area contributed by atoms with Crippen LogP contribution in [0.5, 0.6) is 0 Å². The van der Waals surface area contributed by atoms with E-state index in [1.54, 1.807) is 0 Å². The molecule has 0 radical (unpaired) electrons. The third-order valence-corrected chi connectivity index (χ3v) is 7.53. The molecule has 1 spiro atoms. The van der Waals surface area contributed by atoms with Crippen molar-refractivity contribution < 1.29 is 9.28 Å². The average Bonchev–Trinajstić information content (AvgIpc) is 3.16. The lowest BCUT2D eigenvalue weighted by atomic mass is 9.61. The molecule has 3 heteroatoms. The van der Waals surface area contributed by atoms with Crippen molar-refractivity contribution in [1.82, 2.24) is 0 Å². The van der Waals surface area contributed by atoms with Crippen LogP contribution >= 0.6 is 0 Å². The van der Waals surface area contributed by atoms with Crippen LogP contribution in [0.4, 0.5) is 5.69 Å². The number of nitrogens with one attached hydrogen (secondary N) is 1. The molecule has 130 valence electrons. The smallest absolute Gasteiger partial charge is 0.148 e. The van der Waals surface area contributed by atoms with Crippen molar-refractivity contribution in [3.63, 3.8) is 0 Å². The van der Waals surface area contributed by atoms with E-state index in [4.69, 9.17) is 0 Å². The highest BCUT2D eigenvalue weighted by Gasteiger charge is 2.68. The second-order valence-electron chi connectivity index (χ2n) is 8.33. The van der Waals surface area contributed by atoms with Crippen molar-refractivity contribution in [2.75, 3.05) is 25.0 Å². The Kier molecular flexibility index (Phi) is 3.12. The molecule has 1 N–H and O–H groups in total. The van der Waals surface area contributed by atoms with Gasteiger partial charge in [0.1, 0.15) is 18.9 Å². The van der Waals surface area contributed by atoms with E-state index in [0.717, 1.165) is 31.2 Å². The summed E-state index contributed by atoms with van der Waals surface area (Å²) in [7, 11) is 0. The Balaban J connectivity index is 1.81. The topological polar surface area (TPSA) is 29.1 Å². The van der Waals surface area contributed by atoms with Crippen LogP contribution in [-0.2, 0) is 10.2 Å². The summed E-state index contributed by atoms with van der Waals surface area (Å²) in [5.41, 5.74) is 6.44. The van der Waals surface area contributed by atoms with Gasteiger partial charge in [0, 0.05) is 35.7 Å². The zero-order valence-corrected chi connectivity index (χ0v) is 15.2. The van der Waals surface area contributed by atoms with Gasteiger partial charge in [-0.15, -0.1) is 0 Å². The van der Waals surface area contributed by atoms with Crippen molar-refractivity contribution in [2.45, 2.75) is 44.6 Å². The molecule has 4 aliphatic rings. The van der Waals surface area contributed by atoms with Gasteiger partial charge in [-0.05, 0) is 30.5 Å². The molecule has 2 bridgehead atoms. The molecule has 2 saturated heterocycles. The number of carbonyl (C=O) groups excluding carboxylic acids is 1. The highest BCUT2D eigenvalue weighted by Crippen LogP contribution is 2.63. The minimum atomic E-state index is 0.0395. The van der Waals surface area contributed by atoms with E-state index in [2.05, 4.69) is 49.5 Å². The number of piperidine rings is 1. The first-order valence-corrected chi connectivity index (χ1v) is 9.77. The lowest BCUT2D eigenvalue weighted by molar-refractivity contribution is -0.941. The Labute approximate surface area is 150 Å². The molecule has 5 rings (SSSR count). The van der Waals surface area contributed by atoms with Gasteiger partial charge in [-0.25, -0.2) is 0 Å². The maximum atomic E-state index is 12.2. The van der Waals surface area contributed by atoms with Crippen LogP contribution < -0.4 is 5.32 Å². The molecule has 0 amide bonds. The molecule has 2 fully saturated rings. The van der Waals surface area contributed by atoms with Crippen molar-refractivity contribution in [1.29, 1.82) is 0 Å². The van der Waals surface area contributed by atoms with Gasteiger partial charge in [-0.2, -0.15) is 0 Å². The Bertz CT molecular complexity index is 823. The van der Waals surface area contributed by atoms with Crippen molar-refractivity contribution in [2.24, 2.45) is 5.92 Å². The van der Waals surface area contributed by atoms with Crippen molar-refractivity contribution in [3.8, 4) is 0 Å². The standard InChI is InChI=1S/C22H26N2O/c1-3-10-24-11-9-22-18-7-5-6-8-19(18)23-21(22)17(14-25)16(12-20(22)24)15(4-2)13-24/h4-8,14,16,20H,3,9-13H2,1-2H3/p+1/b15-4-/t16-,20-,22-,24-/m0/s1. The number of quaternary nitrogens is 1. The first kappa shape index (κ1) is 15.4. The van der Waals surface area contributed by atoms with Gasteiger partial charge < -0.3 is 9.80 Å². The van der Waals surface area contributed by atoms with Crippen LogP contribution in [0, 0.1) is 5.92 Å². The molecule has 1 aliphatic carbocycles. The van der Waals surface area contributed by atoms with Crippen LogP contribution in [0.15, 0.2) is 47.2 Å². The summed E-state index contributed by atoms with van der Waals surface area (Å²) >= 11 is 0. The van der Waals surface area contributed by atoms with Gasteiger partial charge in [0.2, 0.25) is 0 Å². The fourth-order valence-electron chi connectivity index (χ4n) is 6.68. The lowest BCUT2D eigenvalue weighted by Gasteiger charge is -2.53. The number of carbonyl (C=O) groups is 1. The number of hydrogen-bond donors (Lipinski definition) is 1. The monoisotopic (exact) mass is 335 g/mol. The fourth-order valence-corrected chi connectivity index (χ4v) is 6.68. The van der Waals surface area contributed by atoms with Gasteiger partial charge in [-0.3, -0.25) is 4.79 Å². The summed E-state index contributed by atoms with van der Waals surface area (Å²) in [5, 5.41) is 3.70. The Hall–Kier alpha value is -1.87. The molecule has 1 aromatic carbocycles. The summed E-state index contributed by atoms with van der Waals surface area (Å²) in [4.78, 5) is 12.2. The molecule has 3 heterocycles. The van der Waals surface area contributed by atoms with E-state index in [9.17, 15) is 4.79 Å². The Morgan fingerprint density at radius 1 is 1.36 bits per heavy atom.